The molecule has 2 atom stereocenters. The van der Waals surface area contributed by atoms with Crippen LogP contribution in [0.25, 0.3) is 0 Å². The van der Waals surface area contributed by atoms with Gasteiger partial charge in [-0.1, -0.05) is 13.8 Å². The lowest BCUT2D eigenvalue weighted by Gasteiger charge is -2.40. The smallest absolute Gasteiger partial charge is 0.165 e. The van der Waals surface area contributed by atoms with E-state index in [-0.39, 0.29) is 25.7 Å². The van der Waals surface area contributed by atoms with Crippen molar-refractivity contribution in [2.45, 2.75) is 50.3 Å². The third kappa shape index (κ3) is 3.24. The topological polar surface area (TPSA) is 67.1 Å². The van der Waals surface area contributed by atoms with Gasteiger partial charge in [0.2, 0.25) is 0 Å². The summed E-state index contributed by atoms with van der Waals surface area (Å²) in [5, 5.41) is 6.25. The van der Waals surface area contributed by atoms with Crippen LogP contribution in [0, 0.1) is 0 Å². The highest BCUT2D eigenvalue weighted by Crippen LogP contribution is 2.37. The highest BCUT2D eigenvalue weighted by Gasteiger charge is 2.43. The zero-order valence-electron chi connectivity index (χ0n) is 10.9. The quantitative estimate of drug-likeness (QED) is 0.538. The molecule has 0 amide bonds. The molecule has 0 aromatic carbocycles. The Morgan fingerprint density at radius 1 is 1.19 bits per heavy atom. The van der Waals surface area contributed by atoms with Crippen LogP contribution >= 0.6 is 8.46 Å². The van der Waals surface area contributed by atoms with Gasteiger partial charge in [0.05, 0.1) is 5.16 Å². The summed E-state index contributed by atoms with van der Waals surface area (Å²) in [5.74, 6) is 0. The van der Waals surface area contributed by atoms with Gasteiger partial charge in [0.15, 0.2) is 8.46 Å². The predicted molar refractivity (Wildman–Crippen MR) is 70.3 cm³/mol. The molecule has 0 aromatic rings. The maximum atomic E-state index is 11.7. The first-order chi connectivity index (χ1) is 7.66. The van der Waals surface area contributed by atoms with Gasteiger partial charge in [0, 0.05) is 12.1 Å². The Bertz CT molecular complexity index is 182. The van der Waals surface area contributed by atoms with E-state index < -0.39 is 0 Å². The molecule has 0 aliphatic carbocycles. The summed E-state index contributed by atoms with van der Waals surface area (Å²) in [5.41, 5.74) is 5.69. The third-order valence-electron chi connectivity index (χ3n) is 3.44. The molecule has 16 heavy (non-hydrogen) atoms. The molecular formula is C11H26N3OP. The van der Waals surface area contributed by atoms with Gasteiger partial charge in [0.25, 0.3) is 0 Å². The summed E-state index contributed by atoms with van der Waals surface area (Å²) in [4.78, 5) is 0. The van der Waals surface area contributed by atoms with Crippen molar-refractivity contribution in [1.82, 2.24) is 10.6 Å². The molecule has 0 rings (SSSR count). The van der Waals surface area contributed by atoms with Crippen LogP contribution in [0.2, 0.25) is 0 Å². The van der Waals surface area contributed by atoms with Crippen molar-refractivity contribution in [3.63, 3.8) is 0 Å². The molecule has 0 fully saturated rings. The molecule has 0 heterocycles. The highest BCUT2D eigenvalue weighted by molar-refractivity contribution is 7.26. The van der Waals surface area contributed by atoms with Crippen LogP contribution in [0.1, 0.15) is 33.1 Å². The predicted octanol–water partition coefficient (Wildman–Crippen LogP) is 1.36. The second-order valence-electron chi connectivity index (χ2n) is 4.12. The van der Waals surface area contributed by atoms with Crippen molar-refractivity contribution < 1.29 is 4.57 Å². The van der Waals surface area contributed by atoms with Crippen LogP contribution in [0.4, 0.5) is 0 Å². The molecule has 4 N–H and O–H groups in total. The van der Waals surface area contributed by atoms with Crippen molar-refractivity contribution in [2.24, 2.45) is 5.73 Å². The summed E-state index contributed by atoms with van der Waals surface area (Å²) < 4.78 is 11.7. The maximum Gasteiger partial charge on any atom is 0.165 e. The first kappa shape index (κ1) is 16.0. The Balaban J connectivity index is 5.16. The fourth-order valence-electron chi connectivity index (χ4n) is 2.61. The van der Waals surface area contributed by atoms with Gasteiger partial charge < -0.3 is 16.4 Å². The first-order valence-electron chi connectivity index (χ1n) is 6.05. The van der Waals surface area contributed by atoms with Crippen LogP contribution < -0.4 is 16.4 Å². The highest BCUT2D eigenvalue weighted by atomic mass is 31.1. The minimum Gasteiger partial charge on any atom is -0.330 e. The molecule has 0 bridgehead atoms. The first-order valence-corrected chi connectivity index (χ1v) is 6.87. The average molecular weight is 247 g/mol. The Labute approximate surface area is 101 Å². The monoisotopic (exact) mass is 247 g/mol. The van der Waals surface area contributed by atoms with Crippen LogP contribution in [0.3, 0.4) is 0 Å². The lowest BCUT2D eigenvalue weighted by molar-refractivity contribution is 0.290. The van der Waals surface area contributed by atoms with Crippen molar-refractivity contribution in [2.75, 3.05) is 20.6 Å². The van der Waals surface area contributed by atoms with Crippen molar-refractivity contribution in [3.8, 4) is 0 Å². The van der Waals surface area contributed by atoms with Crippen molar-refractivity contribution in [3.05, 3.63) is 0 Å². The molecule has 4 nitrogen and oxygen atoms in total. The van der Waals surface area contributed by atoms with Crippen LogP contribution in [-0.4, -0.2) is 37.9 Å². The van der Waals surface area contributed by atoms with Crippen LogP contribution in [0.15, 0.2) is 0 Å². The zero-order valence-corrected chi connectivity index (χ0v) is 11.8. The summed E-state index contributed by atoms with van der Waals surface area (Å²) >= 11 is 0. The van der Waals surface area contributed by atoms with E-state index in [2.05, 4.69) is 24.5 Å². The zero-order chi connectivity index (χ0) is 12.6. The van der Waals surface area contributed by atoms with Gasteiger partial charge in [-0.25, -0.2) is 0 Å². The standard InChI is InChI=1S/C11H26N3OP/c1-5-9(13-3)11(16-15,7-8-12)10(6-2)14-4/h9-10,13-14H,5-8,12H2,1-4H3. The minimum absolute atomic E-state index is 0.180. The maximum absolute atomic E-state index is 11.7. The molecule has 0 saturated heterocycles. The molecule has 5 heteroatoms. The van der Waals surface area contributed by atoms with Gasteiger partial charge in [0.1, 0.15) is 0 Å². The molecule has 0 radical (unpaired) electrons. The van der Waals surface area contributed by atoms with E-state index in [9.17, 15) is 4.57 Å². The lowest BCUT2D eigenvalue weighted by atomic mass is 9.84. The largest absolute Gasteiger partial charge is 0.330 e. The Morgan fingerprint density at radius 2 is 1.62 bits per heavy atom. The number of hydrogen-bond donors (Lipinski definition) is 3. The number of nitrogens with two attached hydrogens (primary N) is 1. The molecule has 0 aliphatic heterocycles. The minimum atomic E-state index is -0.304. The van der Waals surface area contributed by atoms with Gasteiger partial charge in [-0.3, -0.25) is 4.57 Å². The van der Waals surface area contributed by atoms with Crippen molar-refractivity contribution >= 4 is 8.46 Å². The number of nitrogens with one attached hydrogen (secondary N) is 2. The second kappa shape index (κ2) is 8.13. The molecular weight excluding hydrogens is 221 g/mol. The lowest BCUT2D eigenvalue weighted by Crippen LogP contribution is -2.57. The van der Waals surface area contributed by atoms with Crippen LogP contribution in [0.5, 0.6) is 0 Å². The van der Waals surface area contributed by atoms with E-state index in [4.69, 9.17) is 5.73 Å². The van der Waals surface area contributed by atoms with E-state index in [0.29, 0.717) is 6.54 Å². The molecule has 0 saturated carbocycles. The number of rotatable bonds is 9. The Kier molecular flexibility index (Phi) is 8.12. The molecule has 96 valence electrons. The summed E-state index contributed by atoms with van der Waals surface area (Å²) in [6.07, 6.45) is 2.66. The second-order valence-corrected chi connectivity index (χ2v) is 5.14. The summed E-state index contributed by atoms with van der Waals surface area (Å²) in [7, 11) is 4.03. The van der Waals surface area contributed by atoms with E-state index in [1.807, 2.05) is 14.1 Å². The fraction of sp³-hybridized carbons (Fsp3) is 1.00. The van der Waals surface area contributed by atoms with E-state index in [1.165, 1.54) is 0 Å². The summed E-state index contributed by atoms with van der Waals surface area (Å²) in [6, 6.07) is 0.431. The molecule has 0 aromatic heterocycles. The Hall–Kier alpha value is -0.0200. The SMILES string of the molecule is CCC(NC)C(CCN)(P=O)C(CC)NC. The molecule has 2 unspecified atom stereocenters. The normalized spacial score (nSPS) is 19.3. The average Bonchev–Trinajstić information content (AvgIpc) is 2.31. The fourth-order valence-corrected chi connectivity index (χ4v) is 3.71. The van der Waals surface area contributed by atoms with Crippen LogP contribution in [-0.2, 0) is 4.57 Å². The van der Waals surface area contributed by atoms with Gasteiger partial charge >= 0.3 is 0 Å². The van der Waals surface area contributed by atoms with E-state index in [1.54, 1.807) is 0 Å². The van der Waals surface area contributed by atoms with E-state index >= 15 is 0 Å². The van der Waals surface area contributed by atoms with Gasteiger partial charge in [-0.2, -0.15) is 0 Å². The molecule has 0 aliphatic rings. The summed E-state index contributed by atoms with van der Waals surface area (Å²) in [6.45, 7) is 4.78. The Morgan fingerprint density at radius 3 is 1.81 bits per heavy atom. The van der Waals surface area contributed by atoms with Crippen molar-refractivity contribution in [1.29, 1.82) is 0 Å². The van der Waals surface area contributed by atoms with Gasteiger partial charge in [-0.15, -0.1) is 0 Å². The van der Waals surface area contributed by atoms with Gasteiger partial charge in [-0.05, 0) is 39.9 Å². The van der Waals surface area contributed by atoms with E-state index in [0.717, 1.165) is 19.3 Å². The molecule has 0 spiro atoms. The number of hydrogen-bond acceptors (Lipinski definition) is 4. The third-order valence-corrected chi connectivity index (χ3v) is 4.62.